The molecule has 0 heterocycles. The Hall–Kier alpha value is -3.40. The molecule has 6 aromatic rings. The predicted molar refractivity (Wildman–Crippen MR) is 267 cm³/mol. The fourth-order valence-electron chi connectivity index (χ4n) is 10.7. The summed E-state index contributed by atoms with van der Waals surface area (Å²) in [6.07, 6.45) is 2.75. The monoisotopic (exact) mass is 970 g/mol. The fraction of sp³-hybridized carbons (Fsp3) is 0.333. The van der Waals surface area contributed by atoms with E-state index in [1.165, 1.54) is 86.2 Å². The Balaban J connectivity index is 0.00000308. The summed E-state index contributed by atoms with van der Waals surface area (Å²) in [4.78, 5) is 0. The van der Waals surface area contributed by atoms with Crippen LogP contribution >= 0.6 is 0 Å². The summed E-state index contributed by atoms with van der Waals surface area (Å²) in [5, 5.41) is 4.24. The smallest absolute Gasteiger partial charge is 1.00 e. The number of benzene rings is 6. The Morgan fingerprint density at radius 1 is 0.415 bits per heavy atom. The van der Waals surface area contributed by atoms with E-state index in [1.54, 1.807) is 0 Å². The molecule has 0 saturated carbocycles. The second-order valence-electron chi connectivity index (χ2n) is 21.5. The van der Waals surface area contributed by atoms with Crippen LogP contribution in [0.2, 0.25) is 5.04 Å². The zero-order valence-electron chi connectivity index (χ0n) is 41.1. The molecule has 0 aliphatic heterocycles. The maximum Gasteiger partial charge on any atom is -1.00 e. The molecule has 1 atom stereocenters. The maximum absolute atomic E-state index is 3.12. The van der Waals surface area contributed by atoms with E-state index < -0.39 is 8.07 Å². The van der Waals surface area contributed by atoms with Gasteiger partial charge in [-0.15, -0.1) is 0 Å². The normalized spacial score (nSPS) is 15.6. The van der Waals surface area contributed by atoms with Crippen LogP contribution in [0.3, 0.4) is 0 Å². The summed E-state index contributed by atoms with van der Waals surface area (Å²) in [6, 6.07) is 56.5. The van der Waals surface area contributed by atoms with Crippen molar-refractivity contribution in [2.45, 2.75) is 131 Å². The molecule has 0 N–H and O–H groups in total. The van der Waals surface area contributed by atoms with E-state index in [4.69, 9.17) is 0 Å². The molecule has 0 saturated heterocycles. The third-order valence-electron chi connectivity index (χ3n) is 14.3. The van der Waals surface area contributed by atoms with Gasteiger partial charge in [0, 0.05) is 0 Å². The minimum atomic E-state index is -3.12. The number of hydrogen-bond donors (Lipinski definition) is 0. The Labute approximate surface area is 424 Å². The molecular formula is C60H69Cl3SiTi. The van der Waals surface area contributed by atoms with Gasteiger partial charge < -0.3 is 37.2 Å². The van der Waals surface area contributed by atoms with Crippen molar-refractivity contribution in [1.29, 1.82) is 0 Å². The molecule has 1 aliphatic carbocycles. The predicted octanol–water partition coefficient (Wildman–Crippen LogP) is 4.76. The van der Waals surface area contributed by atoms with Crippen LogP contribution in [0.15, 0.2) is 166 Å². The first-order valence-electron chi connectivity index (χ1n) is 22.8. The molecule has 338 valence electrons. The van der Waals surface area contributed by atoms with E-state index in [1.807, 2.05) is 0 Å². The summed E-state index contributed by atoms with van der Waals surface area (Å²) >= 11 is 2.47. The van der Waals surface area contributed by atoms with Gasteiger partial charge in [-0.3, -0.25) is 0 Å². The molecule has 0 nitrogen and oxygen atoms in total. The van der Waals surface area contributed by atoms with Crippen molar-refractivity contribution in [1.82, 2.24) is 0 Å². The van der Waals surface area contributed by atoms with Gasteiger partial charge in [0.05, 0.1) is 0 Å². The summed E-state index contributed by atoms with van der Waals surface area (Å²) < 4.78 is 1.51. The second kappa shape index (κ2) is 20.9. The van der Waals surface area contributed by atoms with Gasteiger partial charge in [-0.05, 0) is 0 Å². The van der Waals surface area contributed by atoms with Crippen molar-refractivity contribution in [3.8, 4) is 0 Å². The van der Waals surface area contributed by atoms with Gasteiger partial charge in [0.2, 0.25) is 0 Å². The average Bonchev–Trinajstić information content (AvgIpc) is 3.37. The first-order valence-corrected chi connectivity index (χ1v) is 25.6. The van der Waals surface area contributed by atoms with Crippen molar-refractivity contribution in [3.63, 3.8) is 0 Å². The zero-order chi connectivity index (χ0) is 44.8. The topological polar surface area (TPSA) is 0 Å². The largest absolute Gasteiger partial charge is 1.00 e. The van der Waals surface area contributed by atoms with Crippen LogP contribution in [0, 0.1) is 0 Å². The number of rotatable bonds is 10. The second-order valence-corrected chi connectivity index (χ2v) is 26.5. The Morgan fingerprint density at radius 2 is 0.692 bits per heavy atom. The summed E-state index contributed by atoms with van der Waals surface area (Å²) in [5.74, 6) is 0. The number of hydrogen-bond acceptors (Lipinski definition) is 0. The van der Waals surface area contributed by atoms with Crippen LogP contribution in [-0.4, -0.2) is 8.07 Å². The van der Waals surface area contributed by atoms with Gasteiger partial charge in [-0.1, -0.05) is 0 Å². The molecule has 0 amide bonds. The van der Waals surface area contributed by atoms with Crippen LogP contribution in [0.25, 0.3) is 0 Å². The van der Waals surface area contributed by atoms with Crippen molar-refractivity contribution < 1.29 is 57.7 Å². The molecule has 6 aromatic carbocycles. The van der Waals surface area contributed by atoms with Gasteiger partial charge in [-0.25, -0.2) is 0 Å². The minimum absolute atomic E-state index is 0. The van der Waals surface area contributed by atoms with Gasteiger partial charge >= 0.3 is 391 Å². The van der Waals surface area contributed by atoms with Crippen molar-refractivity contribution in [2.75, 3.05) is 0 Å². The van der Waals surface area contributed by atoms with Gasteiger partial charge in [0.15, 0.2) is 0 Å². The van der Waals surface area contributed by atoms with E-state index in [0.717, 1.165) is 19.3 Å². The molecule has 0 radical (unpaired) electrons. The average molecular weight is 973 g/mol. The first-order chi connectivity index (χ1) is 29.2. The third-order valence-corrected chi connectivity index (χ3v) is 21.7. The van der Waals surface area contributed by atoms with Crippen LogP contribution in [-0.2, 0) is 55.9 Å². The van der Waals surface area contributed by atoms with Crippen molar-refractivity contribution >= 4 is 23.6 Å². The Bertz CT molecular complexity index is 2370. The fourth-order valence-corrected chi connectivity index (χ4v) is 18.3. The molecule has 1 aliphatic rings. The summed E-state index contributed by atoms with van der Waals surface area (Å²) in [7, 11) is -3.12. The van der Waals surface area contributed by atoms with Crippen LogP contribution in [0.4, 0.5) is 0 Å². The molecule has 0 fully saturated rings. The van der Waals surface area contributed by atoms with Crippen LogP contribution in [0.5, 0.6) is 0 Å². The molecule has 0 spiro atoms. The summed E-state index contributed by atoms with van der Waals surface area (Å²) in [6.45, 7) is 31.6. The van der Waals surface area contributed by atoms with Crippen molar-refractivity contribution in [3.05, 3.63) is 216 Å². The number of allylic oxidation sites excluding steroid dienone is 4. The standard InChI is InChI=1S/C60H69Si.3ClH.Ti/c1-42-41-60(13,44(3)43(42)2)61(51-32-29-48(54(38-51)57(4,5)6)35-45-23-17-14-18-24-45,52-33-30-49(55(39-52)58(7,8)9)36-46-25-19-15-20-26-46)53-34-31-50(56(40-53)59(10,11)12)37-47-27-21-16-22-28-47;;;;/h14-34,38-40H,35-37H2,1-13H3;3*1H;/q;;;;+3/p-3. The van der Waals surface area contributed by atoms with E-state index >= 15 is 0 Å². The quantitative estimate of drug-likeness (QED) is 0.137. The van der Waals surface area contributed by atoms with Crippen LogP contribution in [0.1, 0.15) is 140 Å². The van der Waals surface area contributed by atoms with Crippen molar-refractivity contribution in [2.24, 2.45) is 0 Å². The molecule has 7 rings (SSSR count). The van der Waals surface area contributed by atoms with Gasteiger partial charge in [0.1, 0.15) is 0 Å². The van der Waals surface area contributed by atoms with Gasteiger partial charge in [0.25, 0.3) is 0 Å². The molecule has 0 aromatic heterocycles. The van der Waals surface area contributed by atoms with Crippen LogP contribution < -0.4 is 52.8 Å². The Morgan fingerprint density at radius 3 is 0.923 bits per heavy atom. The van der Waals surface area contributed by atoms with E-state index in [0.29, 0.717) is 0 Å². The molecule has 1 unspecified atom stereocenters. The molecule has 5 heteroatoms. The Kier molecular flexibility index (Phi) is 17.4. The van der Waals surface area contributed by atoms with E-state index in [-0.39, 0.29) is 58.5 Å². The number of halogens is 3. The zero-order valence-corrected chi connectivity index (χ0v) is 45.9. The summed E-state index contributed by atoms with van der Waals surface area (Å²) in [5.41, 5.74) is 16.9. The third kappa shape index (κ3) is 10.5. The van der Waals surface area contributed by atoms with E-state index in [9.17, 15) is 0 Å². The van der Waals surface area contributed by atoms with E-state index in [2.05, 4.69) is 256 Å². The maximum atomic E-state index is 2.70. The molecule has 65 heavy (non-hydrogen) atoms. The SMILES string of the molecule is CC1=C(C)C(C)([Si](c2ccc(Cc3ccccc3)c(C(C)(C)C)c2)(c2ccc(Cc3ccccc3)c(C(C)(C)C)c2)c2ccc(Cc3ccccc3)c(C(C)(C)C)c2)[C]([Ti+3])=C1C.[Cl-].[Cl-].[Cl-]. The molecular weight excluding hydrogens is 903 g/mol. The first kappa shape index (κ1) is 54.2. The molecule has 0 bridgehead atoms. The van der Waals surface area contributed by atoms with Gasteiger partial charge in [-0.2, -0.15) is 0 Å². The minimum Gasteiger partial charge on any atom is -1.00 e.